The number of hydrazone groups is 1. The number of nitrogens with one attached hydrogen (secondary N) is 1. The first-order valence-electron chi connectivity index (χ1n) is 8.61. The Balaban J connectivity index is 1.71. The molecule has 1 amide bonds. The van der Waals surface area contributed by atoms with Gasteiger partial charge in [-0.05, 0) is 48.5 Å². The van der Waals surface area contributed by atoms with Crippen molar-refractivity contribution in [1.82, 2.24) is 5.43 Å². The van der Waals surface area contributed by atoms with Crippen LogP contribution in [0, 0.1) is 0 Å². The number of carbonyl (C=O) groups excluding carboxylic acids is 2. The Hall–Kier alpha value is -3.64. The maximum atomic E-state index is 12.3. The highest BCUT2D eigenvalue weighted by atomic mass is 35.5. The summed E-state index contributed by atoms with van der Waals surface area (Å²) < 4.78 is 10.6. The molecule has 0 spiro atoms. The zero-order valence-corrected chi connectivity index (χ0v) is 16.2. The third kappa shape index (κ3) is 5.21. The molecule has 0 aliphatic heterocycles. The van der Waals surface area contributed by atoms with E-state index < -0.39 is 11.9 Å². The number of para-hydroxylation sites is 2. The molecule has 0 atom stereocenters. The van der Waals surface area contributed by atoms with Gasteiger partial charge in [0.1, 0.15) is 11.5 Å². The lowest BCUT2D eigenvalue weighted by molar-refractivity contribution is 0.0734. The van der Waals surface area contributed by atoms with E-state index in [4.69, 9.17) is 21.1 Å². The van der Waals surface area contributed by atoms with E-state index in [1.54, 1.807) is 72.8 Å². The van der Waals surface area contributed by atoms with E-state index in [9.17, 15) is 9.59 Å². The summed E-state index contributed by atoms with van der Waals surface area (Å²) in [5.74, 6) is -0.199. The minimum absolute atomic E-state index is 0.308. The minimum Gasteiger partial charge on any atom is -0.496 e. The van der Waals surface area contributed by atoms with Crippen LogP contribution >= 0.6 is 11.6 Å². The molecule has 146 valence electrons. The number of methoxy groups -OCH3 is 1. The van der Waals surface area contributed by atoms with Gasteiger partial charge in [-0.25, -0.2) is 10.2 Å². The van der Waals surface area contributed by atoms with Crippen molar-refractivity contribution in [3.05, 3.63) is 94.5 Å². The number of hydrogen-bond acceptors (Lipinski definition) is 5. The Morgan fingerprint density at radius 2 is 1.59 bits per heavy atom. The van der Waals surface area contributed by atoms with Crippen molar-refractivity contribution >= 4 is 29.7 Å². The summed E-state index contributed by atoms with van der Waals surface area (Å²) >= 11 is 5.84. The zero-order chi connectivity index (χ0) is 20.6. The number of halogens is 1. The fourth-order valence-electron chi connectivity index (χ4n) is 2.48. The predicted molar refractivity (Wildman–Crippen MR) is 111 cm³/mol. The lowest BCUT2D eigenvalue weighted by Crippen LogP contribution is -2.18. The summed E-state index contributed by atoms with van der Waals surface area (Å²) in [4.78, 5) is 24.6. The molecule has 0 bridgehead atoms. The number of rotatable bonds is 6. The number of benzene rings is 3. The van der Waals surface area contributed by atoms with Crippen molar-refractivity contribution < 1.29 is 19.1 Å². The van der Waals surface area contributed by atoms with Crippen LogP contribution in [0.5, 0.6) is 11.5 Å². The molecule has 0 radical (unpaired) electrons. The number of nitrogens with zero attached hydrogens (tertiary/aromatic N) is 1. The molecule has 3 aromatic carbocycles. The monoisotopic (exact) mass is 408 g/mol. The average molecular weight is 409 g/mol. The minimum atomic E-state index is -0.527. The molecule has 0 fully saturated rings. The van der Waals surface area contributed by atoms with Crippen molar-refractivity contribution in [2.75, 3.05) is 7.11 Å². The second-order valence-electron chi connectivity index (χ2n) is 5.83. The summed E-state index contributed by atoms with van der Waals surface area (Å²) in [6, 6.07) is 20.0. The third-order valence-electron chi connectivity index (χ3n) is 3.92. The number of ether oxygens (including phenoxy) is 2. The highest BCUT2D eigenvalue weighted by Gasteiger charge is 2.12. The molecule has 0 unspecified atom stereocenters. The Morgan fingerprint density at radius 3 is 2.31 bits per heavy atom. The molecule has 0 saturated carbocycles. The summed E-state index contributed by atoms with van der Waals surface area (Å²) in [5, 5.41) is 4.48. The summed E-state index contributed by atoms with van der Waals surface area (Å²) in [6.45, 7) is 0. The summed E-state index contributed by atoms with van der Waals surface area (Å²) in [6.07, 6.45) is 1.40. The quantitative estimate of drug-likeness (QED) is 0.285. The van der Waals surface area contributed by atoms with Crippen molar-refractivity contribution in [2.45, 2.75) is 0 Å². The molecule has 0 aliphatic rings. The fraction of sp³-hybridized carbons (Fsp3) is 0.0455. The number of hydrogen-bond donors (Lipinski definition) is 1. The first-order valence-corrected chi connectivity index (χ1v) is 8.99. The summed E-state index contributed by atoms with van der Waals surface area (Å²) in [7, 11) is 1.49. The van der Waals surface area contributed by atoms with Crippen LogP contribution < -0.4 is 14.9 Å². The normalized spacial score (nSPS) is 10.6. The van der Waals surface area contributed by atoms with E-state index in [1.165, 1.54) is 13.3 Å². The number of amides is 1. The maximum Gasteiger partial charge on any atom is 0.343 e. The van der Waals surface area contributed by atoms with Crippen LogP contribution in [0.15, 0.2) is 77.9 Å². The molecule has 6 nitrogen and oxygen atoms in total. The van der Waals surface area contributed by atoms with E-state index in [0.717, 1.165) is 0 Å². The number of carbonyl (C=O) groups is 2. The van der Waals surface area contributed by atoms with E-state index in [2.05, 4.69) is 10.5 Å². The van der Waals surface area contributed by atoms with Crippen molar-refractivity contribution in [2.24, 2.45) is 5.10 Å². The average Bonchev–Trinajstić information content (AvgIpc) is 2.75. The molecule has 3 aromatic rings. The SMILES string of the molecule is COc1ccccc1C(=O)N/N=C\c1ccccc1OC(=O)c1ccc(Cl)cc1. The van der Waals surface area contributed by atoms with Gasteiger partial charge < -0.3 is 9.47 Å². The van der Waals surface area contributed by atoms with Gasteiger partial charge in [0.2, 0.25) is 0 Å². The van der Waals surface area contributed by atoms with Crippen LogP contribution in [0.2, 0.25) is 5.02 Å². The van der Waals surface area contributed by atoms with Gasteiger partial charge in [-0.3, -0.25) is 4.79 Å². The van der Waals surface area contributed by atoms with Crippen LogP contribution in [0.1, 0.15) is 26.3 Å². The topological polar surface area (TPSA) is 77.0 Å². The van der Waals surface area contributed by atoms with Crippen LogP contribution in [-0.2, 0) is 0 Å². The van der Waals surface area contributed by atoms with Crippen LogP contribution in [0.3, 0.4) is 0 Å². The van der Waals surface area contributed by atoms with Gasteiger partial charge >= 0.3 is 5.97 Å². The molecular weight excluding hydrogens is 392 g/mol. The van der Waals surface area contributed by atoms with Gasteiger partial charge in [0.25, 0.3) is 5.91 Å². The second kappa shape index (κ2) is 9.52. The fourth-order valence-corrected chi connectivity index (χ4v) is 2.60. The molecule has 29 heavy (non-hydrogen) atoms. The van der Waals surface area contributed by atoms with E-state index >= 15 is 0 Å². The Morgan fingerprint density at radius 1 is 0.931 bits per heavy atom. The highest BCUT2D eigenvalue weighted by molar-refractivity contribution is 6.30. The molecule has 0 aromatic heterocycles. The van der Waals surface area contributed by atoms with E-state index in [-0.39, 0.29) is 0 Å². The number of esters is 1. The van der Waals surface area contributed by atoms with Gasteiger partial charge in [0.05, 0.1) is 24.5 Å². The standard InChI is InChI=1S/C22H17ClN2O4/c1-28-20-9-5-3-7-18(20)21(26)25-24-14-16-6-2-4-8-19(16)29-22(27)15-10-12-17(23)13-11-15/h2-14H,1H3,(H,25,26)/b24-14-. The van der Waals surface area contributed by atoms with Gasteiger partial charge in [-0.2, -0.15) is 5.10 Å². The molecule has 1 N–H and O–H groups in total. The lowest BCUT2D eigenvalue weighted by atomic mass is 10.2. The van der Waals surface area contributed by atoms with Crippen LogP contribution in [0.25, 0.3) is 0 Å². The Kier molecular flexibility index (Phi) is 6.60. The smallest absolute Gasteiger partial charge is 0.343 e. The van der Waals surface area contributed by atoms with E-state index in [0.29, 0.717) is 33.2 Å². The maximum absolute atomic E-state index is 12.3. The molecule has 7 heteroatoms. The van der Waals surface area contributed by atoms with Gasteiger partial charge in [0.15, 0.2) is 0 Å². The predicted octanol–water partition coefficient (Wildman–Crippen LogP) is 4.33. The Labute approximate surface area is 172 Å². The molecule has 3 rings (SSSR count). The first-order chi connectivity index (χ1) is 14.1. The molecule has 0 saturated heterocycles. The first kappa shape index (κ1) is 20.1. The second-order valence-corrected chi connectivity index (χ2v) is 6.27. The lowest BCUT2D eigenvalue weighted by Gasteiger charge is -2.08. The highest BCUT2D eigenvalue weighted by Crippen LogP contribution is 2.19. The Bertz CT molecular complexity index is 1050. The zero-order valence-electron chi connectivity index (χ0n) is 15.5. The third-order valence-corrected chi connectivity index (χ3v) is 4.17. The van der Waals surface area contributed by atoms with Crippen LogP contribution in [-0.4, -0.2) is 25.2 Å². The van der Waals surface area contributed by atoms with E-state index in [1.807, 2.05) is 0 Å². The van der Waals surface area contributed by atoms with Crippen molar-refractivity contribution in [1.29, 1.82) is 0 Å². The van der Waals surface area contributed by atoms with Crippen molar-refractivity contribution in [3.63, 3.8) is 0 Å². The van der Waals surface area contributed by atoms with Gasteiger partial charge in [0, 0.05) is 10.6 Å². The van der Waals surface area contributed by atoms with Crippen molar-refractivity contribution in [3.8, 4) is 11.5 Å². The molecular formula is C22H17ClN2O4. The molecule has 0 aliphatic carbocycles. The van der Waals surface area contributed by atoms with Gasteiger partial charge in [-0.1, -0.05) is 35.9 Å². The summed E-state index contributed by atoms with van der Waals surface area (Å²) in [5.41, 5.74) is 3.68. The van der Waals surface area contributed by atoms with Gasteiger partial charge in [-0.15, -0.1) is 0 Å². The largest absolute Gasteiger partial charge is 0.496 e. The molecule has 0 heterocycles. The van der Waals surface area contributed by atoms with Crippen LogP contribution in [0.4, 0.5) is 0 Å².